The summed E-state index contributed by atoms with van der Waals surface area (Å²) in [5.41, 5.74) is 5.30. The summed E-state index contributed by atoms with van der Waals surface area (Å²) in [6, 6.07) is -0.233. The van der Waals surface area contributed by atoms with Crippen LogP contribution in [0.3, 0.4) is 0 Å². The highest BCUT2D eigenvalue weighted by atomic mass is 16.2. The van der Waals surface area contributed by atoms with Gasteiger partial charge in [0.25, 0.3) is 5.91 Å². The normalized spacial score (nSPS) is 11.2. The van der Waals surface area contributed by atoms with Crippen molar-refractivity contribution < 1.29 is 4.79 Å². The maximum Gasteiger partial charge on any atom is 0.297 e. The molecule has 0 heterocycles. The first-order chi connectivity index (χ1) is 4.54. The van der Waals surface area contributed by atoms with Gasteiger partial charge in [-0.2, -0.15) is 0 Å². The summed E-state index contributed by atoms with van der Waals surface area (Å²) in [5.74, 6) is 4.75. The van der Waals surface area contributed by atoms with Gasteiger partial charge in [-0.05, 0) is 12.8 Å². The van der Waals surface area contributed by atoms with Crippen molar-refractivity contribution >= 4 is 5.91 Å². The molecule has 0 bridgehead atoms. The van der Waals surface area contributed by atoms with Gasteiger partial charge in [0.2, 0.25) is 0 Å². The van der Waals surface area contributed by atoms with Crippen LogP contribution in [0.25, 0.3) is 0 Å². The van der Waals surface area contributed by atoms with E-state index in [2.05, 4.69) is 11.8 Å². The second-order valence-electron chi connectivity index (χ2n) is 2.26. The molecule has 0 rings (SSSR count). The van der Waals surface area contributed by atoms with Crippen molar-refractivity contribution in [1.29, 1.82) is 0 Å². The molecule has 2 N–H and O–H groups in total. The van der Waals surface area contributed by atoms with Gasteiger partial charge in [0.05, 0.1) is 6.04 Å². The molecule has 0 saturated carbocycles. The largest absolute Gasteiger partial charge is 0.338 e. The number of nitrogens with two attached hydrogens (primary N) is 1. The summed E-state index contributed by atoms with van der Waals surface area (Å²) in [4.78, 5) is 12.2. The summed E-state index contributed by atoms with van der Waals surface area (Å²) in [6.07, 6.45) is 0. The SMILES string of the molecule is C[C@H](N)C#CC(=O)N(C)C. The van der Waals surface area contributed by atoms with Crippen LogP contribution in [0.15, 0.2) is 0 Å². The minimum atomic E-state index is -0.233. The fraction of sp³-hybridized carbons (Fsp3) is 0.571. The maximum absolute atomic E-state index is 10.7. The van der Waals surface area contributed by atoms with E-state index in [1.807, 2.05) is 0 Å². The molecule has 56 valence electrons. The minimum Gasteiger partial charge on any atom is -0.338 e. The van der Waals surface area contributed by atoms with Gasteiger partial charge in [0.15, 0.2) is 0 Å². The average molecular weight is 140 g/mol. The van der Waals surface area contributed by atoms with E-state index >= 15 is 0 Å². The van der Waals surface area contributed by atoms with Crippen molar-refractivity contribution in [2.75, 3.05) is 14.1 Å². The van der Waals surface area contributed by atoms with Crippen molar-refractivity contribution in [3.63, 3.8) is 0 Å². The third-order valence-electron chi connectivity index (χ3n) is 0.813. The molecule has 10 heavy (non-hydrogen) atoms. The summed E-state index contributed by atoms with van der Waals surface area (Å²) in [5, 5.41) is 0. The van der Waals surface area contributed by atoms with Crippen molar-refractivity contribution in [1.82, 2.24) is 4.90 Å². The lowest BCUT2D eigenvalue weighted by atomic mass is 10.3. The van der Waals surface area contributed by atoms with Crippen LogP contribution in [-0.2, 0) is 4.79 Å². The Hall–Kier alpha value is -1.01. The molecule has 0 saturated heterocycles. The van der Waals surface area contributed by atoms with E-state index in [1.54, 1.807) is 21.0 Å². The van der Waals surface area contributed by atoms with Crippen molar-refractivity contribution in [3.05, 3.63) is 0 Å². The molecule has 0 unspecified atom stereocenters. The third kappa shape index (κ3) is 3.93. The van der Waals surface area contributed by atoms with Gasteiger partial charge >= 0.3 is 0 Å². The van der Waals surface area contributed by atoms with E-state index in [0.29, 0.717) is 0 Å². The van der Waals surface area contributed by atoms with Gasteiger partial charge in [-0.25, -0.2) is 0 Å². The van der Waals surface area contributed by atoms with Gasteiger partial charge in [0.1, 0.15) is 0 Å². The monoisotopic (exact) mass is 140 g/mol. The second kappa shape index (κ2) is 3.91. The lowest BCUT2D eigenvalue weighted by Gasteiger charge is -2.02. The second-order valence-corrected chi connectivity index (χ2v) is 2.26. The Morgan fingerprint density at radius 1 is 1.60 bits per heavy atom. The highest BCUT2D eigenvalue weighted by molar-refractivity contribution is 5.93. The molecule has 0 aromatic heterocycles. The number of nitrogens with zero attached hydrogens (tertiary/aromatic N) is 1. The Kier molecular flexibility index (Phi) is 3.52. The first-order valence-electron chi connectivity index (χ1n) is 3.02. The zero-order chi connectivity index (χ0) is 8.15. The lowest BCUT2D eigenvalue weighted by Crippen LogP contribution is -2.20. The Balaban J connectivity index is 3.93. The smallest absolute Gasteiger partial charge is 0.297 e. The molecule has 0 aliphatic rings. The molecular weight excluding hydrogens is 128 g/mol. The fourth-order valence-corrected chi connectivity index (χ4v) is 0.287. The molecule has 0 radical (unpaired) electrons. The van der Waals surface area contributed by atoms with E-state index in [-0.39, 0.29) is 11.9 Å². The molecule has 1 amide bonds. The number of carbonyl (C=O) groups is 1. The minimum absolute atomic E-state index is 0.211. The molecule has 0 spiro atoms. The van der Waals surface area contributed by atoms with Gasteiger partial charge < -0.3 is 10.6 Å². The highest BCUT2D eigenvalue weighted by Crippen LogP contribution is 1.75. The molecule has 0 aromatic rings. The topological polar surface area (TPSA) is 46.3 Å². The van der Waals surface area contributed by atoms with Gasteiger partial charge in [-0.3, -0.25) is 4.79 Å². The van der Waals surface area contributed by atoms with E-state index in [0.717, 1.165) is 0 Å². The fourth-order valence-electron chi connectivity index (χ4n) is 0.287. The van der Waals surface area contributed by atoms with Crippen LogP contribution in [-0.4, -0.2) is 30.9 Å². The zero-order valence-electron chi connectivity index (χ0n) is 6.51. The lowest BCUT2D eigenvalue weighted by molar-refractivity contribution is -0.122. The molecule has 0 aliphatic carbocycles. The third-order valence-corrected chi connectivity index (χ3v) is 0.813. The van der Waals surface area contributed by atoms with Gasteiger partial charge in [0, 0.05) is 14.1 Å². The standard InChI is InChI=1S/C7H12N2O/c1-6(8)4-5-7(10)9(2)3/h6H,8H2,1-3H3/t6-/m0/s1. The van der Waals surface area contributed by atoms with Crippen molar-refractivity contribution in [3.8, 4) is 11.8 Å². The van der Waals surface area contributed by atoms with Crippen molar-refractivity contribution in [2.45, 2.75) is 13.0 Å². The Bertz CT molecular complexity index is 174. The molecular formula is C7H12N2O. The predicted octanol–water partition coefficient (Wildman–Crippen LogP) is -0.575. The number of hydrogen-bond donors (Lipinski definition) is 1. The summed E-state index contributed by atoms with van der Waals surface area (Å²) >= 11 is 0. The molecule has 3 heteroatoms. The Labute approximate surface area is 61.2 Å². The molecule has 0 aliphatic heterocycles. The molecule has 0 fully saturated rings. The van der Waals surface area contributed by atoms with E-state index in [1.165, 1.54) is 4.90 Å². The average Bonchev–Trinajstić information content (AvgIpc) is 1.82. The van der Waals surface area contributed by atoms with Crippen LogP contribution in [0.1, 0.15) is 6.92 Å². The van der Waals surface area contributed by atoms with Crippen LogP contribution in [0.5, 0.6) is 0 Å². The van der Waals surface area contributed by atoms with Crippen LogP contribution < -0.4 is 5.73 Å². The highest BCUT2D eigenvalue weighted by Gasteiger charge is 1.95. The molecule has 0 aromatic carbocycles. The number of carbonyl (C=O) groups excluding carboxylic acids is 1. The molecule has 3 nitrogen and oxygen atoms in total. The number of hydrogen-bond acceptors (Lipinski definition) is 2. The number of rotatable bonds is 0. The number of amides is 1. The first-order valence-corrected chi connectivity index (χ1v) is 3.02. The van der Waals surface area contributed by atoms with Crippen LogP contribution in [0.4, 0.5) is 0 Å². The quantitative estimate of drug-likeness (QED) is 0.458. The Morgan fingerprint density at radius 3 is 2.40 bits per heavy atom. The van der Waals surface area contributed by atoms with E-state index in [4.69, 9.17) is 5.73 Å². The van der Waals surface area contributed by atoms with E-state index < -0.39 is 0 Å². The summed E-state index contributed by atoms with van der Waals surface area (Å²) in [7, 11) is 3.30. The maximum atomic E-state index is 10.7. The van der Waals surface area contributed by atoms with Crippen molar-refractivity contribution in [2.24, 2.45) is 5.73 Å². The Morgan fingerprint density at radius 2 is 2.10 bits per heavy atom. The van der Waals surface area contributed by atoms with Crippen LogP contribution >= 0.6 is 0 Å². The molecule has 1 atom stereocenters. The van der Waals surface area contributed by atoms with E-state index in [9.17, 15) is 4.79 Å². The predicted molar refractivity (Wildman–Crippen MR) is 40.1 cm³/mol. The van der Waals surface area contributed by atoms with Gasteiger partial charge in [-0.15, -0.1) is 0 Å². The first kappa shape index (κ1) is 8.99. The summed E-state index contributed by atoms with van der Waals surface area (Å²) in [6.45, 7) is 1.73. The van der Waals surface area contributed by atoms with Crippen LogP contribution in [0, 0.1) is 11.8 Å². The zero-order valence-corrected chi connectivity index (χ0v) is 6.51. The van der Waals surface area contributed by atoms with Gasteiger partial charge in [-0.1, -0.05) is 5.92 Å². The van der Waals surface area contributed by atoms with Crippen LogP contribution in [0.2, 0.25) is 0 Å². The summed E-state index contributed by atoms with van der Waals surface area (Å²) < 4.78 is 0.